The number of likely N-dealkylation sites (N-methyl/N-ethyl adjacent to an activating group) is 1. The highest BCUT2D eigenvalue weighted by molar-refractivity contribution is 5.84. The smallest absolute Gasteiger partial charge is 0.165 e. The number of hydrogen-bond donors (Lipinski definition) is 1. The second kappa shape index (κ2) is 8.15. The van der Waals surface area contributed by atoms with E-state index in [0.29, 0.717) is 19.0 Å². The molecule has 1 N–H and O–H groups in total. The lowest BCUT2D eigenvalue weighted by Gasteiger charge is -2.41. The SMILES string of the molecule is CCCOc1cc2c3c(c1OCCC)CCN(C)[C@@H]3Cc1ccc(OC)c(O)c1-2. The number of hydrogen-bond acceptors (Lipinski definition) is 5. The summed E-state index contributed by atoms with van der Waals surface area (Å²) in [7, 11) is 3.77. The van der Waals surface area contributed by atoms with Crippen LogP contribution in [0.2, 0.25) is 0 Å². The number of nitrogens with zero attached hydrogens (tertiary/aromatic N) is 1. The van der Waals surface area contributed by atoms with Crippen molar-refractivity contribution >= 4 is 0 Å². The number of methoxy groups -OCH3 is 1. The average molecular weight is 398 g/mol. The predicted octanol–water partition coefficient (Wildman–Crippen LogP) is 4.73. The first-order chi connectivity index (χ1) is 14.1. The summed E-state index contributed by atoms with van der Waals surface area (Å²) in [5, 5.41) is 11.0. The Bertz CT molecular complexity index is 908. The maximum Gasteiger partial charge on any atom is 0.165 e. The number of phenols is 1. The van der Waals surface area contributed by atoms with Crippen LogP contribution in [0.5, 0.6) is 23.0 Å². The number of rotatable bonds is 7. The van der Waals surface area contributed by atoms with Crippen molar-refractivity contribution in [1.29, 1.82) is 0 Å². The highest BCUT2D eigenvalue weighted by Gasteiger charge is 2.37. The van der Waals surface area contributed by atoms with E-state index in [1.807, 2.05) is 6.07 Å². The number of phenolic OH excluding ortho intramolecular Hbond substituents is 1. The monoisotopic (exact) mass is 397 g/mol. The largest absolute Gasteiger partial charge is 0.504 e. The minimum atomic E-state index is 0.211. The van der Waals surface area contributed by atoms with Crippen LogP contribution in [0.4, 0.5) is 0 Å². The summed E-state index contributed by atoms with van der Waals surface area (Å²) < 4.78 is 17.8. The van der Waals surface area contributed by atoms with E-state index in [-0.39, 0.29) is 11.8 Å². The fraction of sp³-hybridized carbons (Fsp3) is 0.500. The molecule has 4 rings (SSSR count). The molecule has 1 heterocycles. The molecule has 29 heavy (non-hydrogen) atoms. The third-order valence-corrected chi connectivity index (χ3v) is 6.01. The summed E-state index contributed by atoms with van der Waals surface area (Å²) in [4.78, 5) is 2.41. The molecule has 0 saturated carbocycles. The van der Waals surface area contributed by atoms with Crippen LogP contribution in [0.15, 0.2) is 18.2 Å². The van der Waals surface area contributed by atoms with Gasteiger partial charge >= 0.3 is 0 Å². The normalized spacial score (nSPS) is 17.4. The van der Waals surface area contributed by atoms with Gasteiger partial charge in [0.05, 0.1) is 20.3 Å². The minimum Gasteiger partial charge on any atom is -0.504 e. The zero-order chi connectivity index (χ0) is 20.5. The Kier molecular flexibility index (Phi) is 5.59. The molecule has 0 unspecified atom stereocenters. The van der Waals surface area contributed by atoms with E-state index in [9.17, 15) is 5.11 Å². The van der Waals surface area contributed by atoms with Crippen LogP contribution in [0.3, 0.4) is 0 Å². The molecule has 156 valence electrons. The summed E-state index contributed by atoms with van der Waals surface area (Å²) in [6.45, 7) is 6.51. The molecule has 0 radical (unpaired) electrons. The highest BCUT2D eigenvalue weighted by atomic mass is 16.5. The summed E-state index contributed by atoms with van der Waals surface area (Å²) in [6, 6.07) is 6.28. The number of fused-ring (bicyclic) bond motifs is 2. The number of benzene rings is 2. The minimum absolute atomic E-state index is 0.211. The van der Waals surface area contributed by atoms with E-state index in [2.05, 4.69) is 37.9 Å². The Labute approximate surface area is 173 Å². The van der Waals surface area contributed by atoms with Crippen LogP contribution in [-0.2, 0) is 12.8 Å². The maximum absolute atomic E-state index is 11.0. The van der Waals surface area contributed by atoms with Crippen molar-refractivity contribution in [1.82, 2.24) is 4.90 Å². The van der Waals surface area contributed by atoms with E-state index in [4.69, 9.17) is 14.2 Å². The first-order valence-corrected chi connectivity index (χ1v) is 10.6. The topological polar surface area (TPSA) is 51.2 Å². The molecule has 0 saturated heterocycles. The van der Waals surface area contributed by atoms with E-state index < -0.39 is 0 Å². The van der Waals surface area contributed by atoms with Gasteiger partial charge in [0.2, 0.25) is 0 Å². The van der Waals surface area contributed by atoms with Crippen molar-refractivity contribution in [3.8, 4) is 34.1 Å². The molecule has 0 amide bonds. The molecular formula is C24H31NO4. The van der Waals surface area contributed by atoms with Gasteiger partial charge < -0.3 is 19.3 Å². The average Bonchev–Trinajstić information content (AvgIpc) is 2.73. The molecule has 1 aliphatic heterocycles. The zero-order valence-electron chi connectivity index (χ0n) is 17.9. The van der Waals surface area contributed by atoms with Gasteiger partial charge in [-0.3, -0.25) is 4.90 Å². The van der Waals surface area contributed by atoms with Gasteiger partial charge in [-0.2, -0.15) is 0 Å². The summed E-state index contributed by atoms with van der Waals surface area (Å²) in [6.07, 6.45) is 3.66. The third kappa shape index (κ3) is 3.31. The fourth-order valence-electron chi connectivity index (χ4n) is 4.61. The first-order valence-electron chi connectivity index (χ1n) is 10.6. The number of ether oxygens (including phenoxy) is 3. The van der Waals surface area contributed by atoms with Crippen LogP contribution in [0.25, 0.3) is 11.1 Å². The lowest BCUT2D eigenvalue weighted by Crippen LogP contribution is -2.36. The second-order valence-electron chi connectivity index (χ2n) is 7.94. The van der Waals surface area contributed by atoms with E-state index in [0.717, 1.165) is 60.4 Å². The van der Waals surface area contributed by atoms with Gasteiger partial charge in [-0.15, -0.1) is 0 Å². The molecule has 1 aliphatic carbocycles. The van der Waals surface area contributed by atoms with Gasteiger partial charge in [0.15, 0.2) is 23.0 Å². The van der Waals surface area contributed by atoms with Crippen LogP contribution in [-0.4, -0.2) is 43.9 Å². The Balaban J connectivity index is 1.97. The number of aromatic hydroxyl groups is 1. The van der Waals surface area contributed by atoms with Crippen LogP contribution >= 0.6 is 0 Å². The summed E-state index contributed by atoms with van der Waals surface area (Å²) >= 11 is 0. The van der Waals surface area contributed by atoms with Crippen molar-refractivity contribution in [3.63, 3.8) is 0 Å². The molecule has 0 spiro atoms. The van der Waals surface area contributed by atoms with Crippen molar-refractivity contribution in [3.05, 3.63) is 34.9 Å². The summed E-state index contributed by atoms with van der Waals surface area (Å²) in [5.41, 5.74) is 5.56. The first kappa shape index (κ1) is 19.9. The molecule has 0 fully saturated rings. The van der Waals surface area contributed by atoms with Gasteiger partial charge in [-0.1, -0.05) is 19.9 Å². The van der Waals surface area contributed by atoms with E-state index in [1.165, 1.54) is 11.1 Å². The van der Waals surface area contributed by atoms with Gasteiger partial charge in [0.1, 0.15) is 0 Å². The Morgan fingerprint density at radius 1 is 1.10 bits per heavy atom. The van der Waals surface area contributed by atoms with Gasteiger partial charge in [0, 0.05) is 23.7 Å². The summed E-state index contributed by atoms with van der Waals surface area (Å²) in [5.74, 6) is 2.39. The third-order valence-electron chi connectivity index (χ3n) is 6.01. The zero-order valence-corrected chi connectivity index (χ0v) is 17.9. The Hall–Kier alpha value is -2.40. The molecule has 2 aromatic carbocycles. The standard InChI is InChI=1S/C24H31NO4/c1-5-11-28-20-14-17-21-15(7-8-19(27-4)23(21)26)13-18-22(17)16(9-10-25(18)3)24(20)29-12-6-2/h7-8,14,18,26H,5-6,9-13H2,1-4H3/t18-/m1/s1. The van der Waals surface area contributed by atoms with Gasteiger partial charge in [0.25, 0.3) is 0 Å². The Morgan fingerprint density at radius 2 is 1.86 bits per heavy atom. The lowest BCUT2D eigenvalue weighted by molar-refractivity contribution is 0.218. The van der Waals surface area contributed by atoms with Crippen molar-refractivity contribution in [2.45, 2.75) is 45.6 Å². The molecule has 2 aromatic rings. The molecule has 5 nitrogen and oxygen atoms in total. The second-order valence-corrected chi connectivity index (χ2v) is 7.94. The van der Waals surface area contributed by atoms with Gasteiger partial charge in [-0.25, -0.2) is 0 Å². The lowest BCUT2D eigenvalue weighted by atomic mass is 9.76. The van der Waals surface area contributed by atoms with Crippen LogP contribution in [0, 0.1) is 0 Å². The van der Waals surface area contributed by atoms with Crippen molar-refractivity contribution < 1.29 is 19.3 Å². The molecule has 1 atom stereocenters. The van der Waals surface area contributed by atoms with Crippen LogP contribution < -0.4 is 14.2 Å². The molecule has 0 aromatic heterocycles. The molecule has 2 aliphatic rings. The molecule has 0 bridgehead atoms. The van der Waals surface area contributed by atoms with Crippen molar-refractivity contribution in [2.75, 3.05) is 33.9 Å². The van der Waals surface area contributed by atoms with Gasteiger partial charge in [-0.05, 0) is 61.6 Å². The molecular weight excluding hydrogens is 366 g/mol. The Morgan fingerprint density at radius 3 is 2.59 bits per heavy atom. The van der Waals surface area contributed by atoms with E-state index >= 15 is 0 Å². The van der Waals surface area contributed by atoms with Crippen LogP contribution in [0.1, 0.15) is 49.4 Å². The predicted molar refractivity (Wildman–Crippen MR) is 114 cm³/mol. The van der Waals surface area contributed by atoms with Crippen molar-refractivity contribution in [2.24, 2.45) is 0 Å². The quantitative estimate of drug-likeness (QED) is 0.732. The maximum atomic E-state index is 11.0. The highest BCUT2D eigenvalue weighted by Crippen LogP contribution is 2.54. The molecule has 5 heteroatoms. The fourth-order valence-corrected chi connectivity index (χ4v) is 4.61. The van der Waals surface area contributed by atoms with E-state index in [1.54, 1.807) is 7.11 Å².